The Hall–Kier alpha value is -1.38. The number of nitrogens with zero attached hydrogens (tertiary/aromatic N) is 1. The molecule has 0 N–H and O–H groups in total. The molecule has 15 heavy (non-hydrogen) atoms. The highest BCUT2D eigenvalue weighted by Crippen LogP contribution is 2.39. The summed E-state index contributed by atoms with van der Waals surface area (Å²) in [5.41, 5.74) is 1.06. The van der Waals surface area contributed by atoms with E-state index in [2.05, 4.69) is 11.9 Å². The third kappa shape index (κ3) is 1.87. The fraction of sp³-hybridized carbons (Fsp3) is 0.500. The monoisotopic (exact) mass is 205 g/mol. The Morgan fingerprint density at radius 2 is 2.27 bits per heavy atom. The molecule has 80 valence electrons. The van der Waals surface area contributed by atoms with Crippen LogP contribution in [-0.2, 0) is 10.2 Å². The molecule has 1 saturated carbocycles. The van der Waals surface area contributed by atoms with Gasteiger partial charge in [-0.15, -0.1) is 0 Å². The van der Waals surface area contributed by atoms with Gasteiger partial charge in [-0.05, 0) is 18.1 Å². The summed E-state index contributed by atoms with van der Waals surface area (Å²) in [7, 11) is 1.63. The summed E-state index contributed by atoms with van der Waals surface area (Å²) in [5.74, 6) is 1.10. The van der Waals surface area contributed by atoms with E-state index in [-0.39, 0.29) is 5.41 Å². The molecule has 1 aromatic rings. The lowest BCUT2D eigenvalue weighted by atomic mass is 9.82. The molecule has 1 unspecified atom stereocenters. The lowest BCUT2D eigenvalue weighted by Crippen LogP contribution is -2.18. The Morgan fingerprint density at radius 1 is 1.47 bits per heavy atom. The summed E-state index contributed by atoms with van der Waals surface area (Å²) in [5, 5.41) is 0. The van der Waals surface area contributed by atoms with Gasteiger partial charge in [0.1, 0.15) is 11.5 Å². The van der Waals surface area contributed by atoms with Crippen LogP contribution in [0.4, 0.5) is 0 Å². The van der Waals surface area contributed by atoms with Gasteiger partial charge in [0.25, 0.3) is 0 Å². The van der Waals surface area contributed by atoms with E-state index >= 15 is 0 Å². The van der Waals surface area contributed by atoms with Gasteiger partial charge >= 0.3 is 0 Å². The van der Waals surface area contributed by atoms with E-state index in [1.165, 1.54) is 0 Å². The Labute approximate surface area is 89.5 Å². The first-order chi connectivity index (χ1) is 7.14. The van der Waals surface area contributed by atoms with Gasteiger partial charge in [-0.1, -0.05) is 6.92 Å². The Balaban J connectivity index is 2.32. The second kappa shape index (κ2) is 3.65. The molecule has 0 spiro atoms. The van der Waals surface area contributed by atoms with Crippen LogP contribution in [-0.4, -0.2) is 17.9 Å². The van der Waals surface area contributed by atoms with Crippen LogP contribution in [0.5, 0.6) is 5.75 Å². The van der Waals surface area contributed by atoms with Gasteiger partial charge in [-0.2, -0.15) is 0 Å². The molecular formula is C12H15NO2. The summed E-state index contributed by atoms with van der Waals surface area (Å²) in [4.78, 5) is 15.5. The molecule has 0 bridgehead atoms. The number of aromatic nitrogens is 1. The van der Waals surface area contributed by atoms with Crippen molar-refractivity contribution in [2.75, 3.05) is 7.11 Å². The number of ketones is 1. The highest BCUT2D eigenvalue weighted by atomic mass is 16.5. The van der Waals surface area contributed by atoms with E-state index in [1.807, 2.05) is 12.3 Å². The number of methoxy groups -OCH3 is 1. The number of rotatable bonds is 2. The zero-order chi connectivity index (χ0) is 10.9. The molecule has 0 aliphatic heterocycles. The smallest absolute Gasteiger partial charge is 0.137 e. The third-order valence-corrected chi connectivity index (χ3v) is 3.19. The van der Waals surface area contributed by atoms with Crippen molar-refractivity contribution in [2.45, 2.75) is 31.6 Å². The first-order valence-corrected chi connectivity index (χ1v) is 5.15. The van der Waals surface area contributed by atoms with Crippen LogP contribution in [0.3, 0.4) is 0 Å². The highest BCUT2D eigenvalue weighted by molar-refractivity contribution is 5.82. The maximum Gasteiger partial charge on any atom is 0.137 e. The van der Waals surface area contributed by atoms with Gasteiger partial charge in [0.2, 0.25) is 0 Å². The van der Waals surface area contributed by atoms with Crippen LogP contribution >= 0.6 is 0 Å². The van der Waals surface area contributed by atoms with Crippen molar-refractivity contribution < 1.29 is 9.53 Å². The van der Waals surface area contributed by atoms with E-state index in [0.29, 0.717) is 18.6 Å². The van der Waals surface area contributed by atoms with Crippen LogP contribution in [0.2, 0.25) is 0 Å². The minimum absolute atomic E-state index is 0.0430. The summed E-state index contributed by atoms with van der Waals surface area (Å²) in [6.45, 7) is 2.12. The molecule has 0 radical (unpaired) electrons. The van der Waals surface area contributed by atoms with E-state index in [1.54, 1.807) is 13.3 Å². The SMILES string of the molecule is COc1cncc(C2(C)CCC(=O)C2)c1. The van der Waals surface area contributed by atoms with Crippen LogP contribution in [0.25, 0.3) is 0 Å². The summed E-state index contributed by atoms with van der Waals surface area (Å²) in [6, 6.07) is 1.98. The molecule has 3 nitrogen and oxygen atoms in total. The van der Waals surface area contributed by atoms with Gasteiger partial charge in [-0.25, -0.2) is 0 Å². The number of hydrogen-bond donors (Lipinski definition) is 0. The topological polar surface area (TPSA) is 39.2 Å². The molecule has 1 aromatic heterocycles. The Bertz CT molecular complexity index is 389. The third-order valence-electron chi connectivity index (χ3n) is 3.19. The summed E-state index contributed by atoms with van der Waals surface area (Å²) >= 11 is 0. The fourth-order valence-electron chi connectivity index (χ4n) is 2.13. The molecule has 1 fully saturated rings. The van der Waals surface area contributed by atoms with Crippen molar-refractivity contribution in [3.8, 4) is 5.75 Å². The largest absolute Gasteiger partial charge is 0.495 e. The van der Waals surface area contributed by atoms with Crippen LogP contribution in [0.15, 0.2) is 18.5 Å². The summed E-state index contributed by atoms with van der Waals surface area (Å²) < 4.78 is 5.14. The molecule has 1 atom stereocenters. The molecule has 0 saturated heterocycles. The molecule has 0 aromatic carbocycles. The minimum atomic E-state index is -0.0430. The molecule has 1 aliphatic carbocycles. The predicted molar refractivity (Wildman–Crippen MR) is 57.0 cm³/mol. The molecule has 3 heteroatoms. The maximum absolute atomic E-state index is 11.3. The molecule has 1 heterocycles. The molecular weight excluding hydrogens is 190 g/mol. The zero-order valence-electron chi connectivity index (χ0n) is 9.12. The van der Waals surface area contributed by atoms with Crippen molar-refractivity contribution in [3.05, 3.63) is 24.0 Å². The van der Waals surface area contributed by atoms with Crippen molar-refractivity contribution in [1.29, 1.82) is 0 Å². The molecule has 2 rings (SSSR count). The van der Waals surface area contributed by atoms with Gasteiger partial charge < -0.3 is 4.74 Å². The number of ether oxygens (including phenoxy) is 1. The minimum Gasteiger partial charge on any atom is -0.495 e. The molecule has 0 amide bonds. The van der Waals surface area contributed by atoms with E-state index < -0.39 is 0 Å². The first-order valence-electron chi connectivity index (χ1n) is 5.15. The maximum atomic E-state index is 11.3. The zero-order valence-corrected chi connectivity index (χ0v) is 9.12. The van der Waals surface area contributed by atoms with Crippen LogP contribution in [0, 0.1) is 0 Å². The Kier molecular flexibility index (Phi) is 2.47. The second-order valence-corrected chi connectivity index (χ2v) is 4.39. The Morgan fingerprint density at radius 3 is 2.87 bits per heavy atom. The van der Waals surface area contributed by atoms with Crippen LogP contribution in [0.1, 0.15) is 31.7 Å². The average molecular weight is 205 g/mol. The normalized spacial score (nSPS) is 25.6. The van der Waals surface area contributed by atoms with Crippen molar-refractivity contribution in [3.63, 3.8) is 0 Å². The first kappa shape index (κ1) is 10.1. The van der Waals surface area contributed by atoms with Gasteiger partial charge in [-0.3, -0.25) is 9.78 Å². The standard InChI is InChI=1S/C12H15NO2/c1-12(4-3-10(14)6-12)9-5-11(15-2)8-13-7-9/h5,7-8H,3-4,6H2,1-2H3. The lowest BCUT2D eigenvalue weighted by molar-refractivity contribution is -0.117. The number of carbonyl (C=O) groups is 1. The summed E-state index contributed by atoms with van der Waals surface area (Å²) in [6.07, 6.45) is 5.75. The van der Waals surface area contributed by atoms with Crippen molar-refractivity contribution in [2.24, 2.45) is 0 Å². The fourth-order valence-corrected chi connectivity index (χ4v) is 2.13. The average Bonchev–Trinajstić information content (AvgIpc) is 2.60. The van der Waals surface area contributed by atoms with Crippen molar-refractivity contribution in [1.82, 2.24) is 4.98 Å². The van der Waals surface area contributed by atoms with Crippen molar-refractivity contribution >= 4 is 5.78 Å². The van der Waals surface area contributed by atoms with Crippen LogP contribution < -0.4 is 4.74 Å². The van der Waals surface area contributed by atoms with E-state index in [4.69, 9.17) is 4.74 Å². The quantitative estimate of drug-likeness (QED) is 0.742. The van der Waals surface area contributed by atoms with Gasteiger partial charge in [0.05, 0.1) is 13.3 Å². The number of hydrogen-bond acceptors (Lipinski definition) is 3. The number of carbonyl (C=O) groups excluding carboxylic acids is 1. The number of pyridine rings is 1. The van der Waals surface area contributed by atoms with Gasteiger partial charge in [0.15, 0.2) is 0 Å². The lowest BCUT2D eigenvalue weighted by Gasteiger charge is -2.22. The van der Waals surface area contributed by atoms with Gasteiger partial charge in [0, 0.05) is 24.5 Å². The second-order valence-electron chi connectivity index (χ2n) is 4.39. The number of Topliss-reactive ketones (excluding diaryl/α,β-unsaturated/α-hetero) is 1. The van der Waals surface area contributed by atoms with E-state index in [0.717, 1.165) is 17.7 Å². The predicted octanol–water partition coefficient (Wildman–Crippen LogP) is 2.10. The molecule has 1 aliphatic rings. The highest BCUT2D eigenvalue weighted by Gasteiger charge is 2.35. The van der Waals surface area contributed by atoms with E-state index in [9.17, 15) is 4.79 Å².